The molecule has 148 valence electrons. The van der Waals surface area contributed by atoms with E-state index in [-0.39, 0.29) is 6.42 Å². The number of hydrogen-bond acceptors (Lipinski definition) is 6. The van der Waals surface area contributed by atoms with Crippen LogP contribution in [0.2, 0.25) is 0 Å². The Morgan fingerprint density at radius 3 is 2.54 bits per heavy atom. The largest absolute Gasteiger partial charge is 0.550 e. The van der Waals surface area contributed by atoms with E-state index < -0.39 is 5.97 Å². The number of carbonyl (C=O) groups excluding carboxylic acids is 1. The number of carboxylic acid groups (broad SMARTS) is 1. The number of anilines is 1. The average Bonchev–Trinajstić information content (AvgIpc) is 2.67. The van der Waals surface area contributed by atoms with Gasteiger partial charge in [-0.05, 0) is 74.1 Å². The molecule has 0 radical (unpaired) electrons. The molecule has 0 heterocycles. The van der Waals surface area contributed by atoms with Crippen LogP contribution in [-0.4, -0.2) is 30.5 Å². The normalized spacial score (nSPS) is 10.9. The van der Waals surface area contributed by atoms with E-state index in [2.05, 4.69) is 15.8 Å². The van der Waals surface area contributed by atoms with Crippen molar-refractivity contribution in [2.24, 2.45) is 5.10 Å². The van der Waals surface area contributed by atoms with Crippen LogP contribution in [-0.2, 0) is 11.2 Å². The first-order valence-corrected chi connectivity index (χ1v) is 9.05. The van der Waals surface area contributed by atoms with Crippen LogP contribution in [0.5, 0.6) is 11.5 Å². The molecule has 0 saturated carbocycles. The van der Waals surface area contributed by atoms with Crippen molar-refractivity contribution in [3.05, 3.63) is 53.6 Å². The van der Waals surface area contributed by atoms with Crippen LogP contribution >= 0.6 is 12.2 Å². The van der Waals surface area contributed by atoms with Crippen molar-refractivity contribution in [3.8, 4) is 11.5 Å². The molecule has 0 aliphatic rings. The third kappa shape index (κ3) is 6.24. The number of ether oxygens (including phenoxy) is 2. The lowest BCUT2D eigenvalue weighted by atomic mass is 10.0. The van der Waals surface area contributed by atoms with Crippen LogP contribution in [0.1, 0.15) is 25.0 Å². The van der Waals surface area contributed by atoms with Gasteiger partial charge in [-0.25, -0.2) is 0 Å². The van der Waals surface area contributed by atoms with Crippen molar-refractivity contribution >= 4 is 34.7 Å². The summed E-state index contributed by atoms with van der Waals surface area (Å²) in [6.07, 6.45) is -0.241. The van der Waals surface area contributed by atoms with Crippen LogP contribution in [0.4, 0.5) is 5.69 Å². The zero-order chi connectivity index (χ0) is 20.5. The Bertz CT molecular complexity index is 866. The smallest absolute Gasteiger partial charge is 0.191 e. The van der Waals surface area contributed by atoms with Crippen LogP contribution in [0.15, 0.2) is 47.6 Å². The molecule has 0 aliphatic heterocycles. The van der Waals surface area contributed by atoms with Gasteiger partial charge in [-0.15, -0.1) is 0 Å². The number of hydrogen-bond donors (Lipinski definition) is 2. The maximum absolute atomic E-state index is 10.9. The standard InChI is InChI=1S/C20H23N3O4S/c1-4-27-17-8-6-16(7-9-17)21-20(28)23-22-13(2)14-5-10-18(26-3)15(11-14)12-19(24)25/h5-11H,4,12H2,1-3H3,(H,24,25)(H2,21,23,28)/p-1/b22-13-. The minimum atomic E-state index is -1.18. The number of methoxy groups -OCH3 is 1. The zero-order valence-corrected chi connectivity index (χ0v) is 16.8. The van der Waals surface area contributed by atoms with E-state index >= 15 is 0 Å². The lowest BCUT2D eigenvalue weighted by molar-refractivity contribution is -0.304. The molecule has 8 heteroatoms. The number of aliphatic carboxylic acids is 1. The molecular weight excluding hydrogens is 378 g/mol. The zero-order valence-electron chi connectivity index (χ0n) is 15.9. The molecular formula is C20H22N3O4S-. The van der Waals surface area contributed by atoms with E-state index in [1.807, 2.05) is 31.2 Å². The van der Waals surface area contributed by atoms with Crippen molar-refractivity contribution in [2.75, 3.05) is 19.0 Å². The van der Waals surface area contributed by atoms with Gasteiger partial charge in [0.05, 0.1) is 19.4 Å². The van der Waals surface area contributed by atoms with Crippen LogP contribution < -0.4 is 25.3 Å². The second kappa shape index (κ2) is 10.3. The van der Waals surface area contributed by atoms with E-state index in [4.69, 9.17) is 21.7 Å². The summed E-state index contributed by atoms with van der Waals surface area (Å²) in [6.45, 7) is 4.32. The molecule has 0 unspecified atom stereocenters. The molecule has 2 aromatic rings. The Morgan fingerprint density at radius 1 is 1.21 bits per heavy atom. The number of carbonyl (C=O) groups is 1. The molecule has 28 heavy (non-hydrogen) atoms. The number of nitrogens with one attached hydrogen (secondary N) is 2. The van der Waals surface area contributed by atoms with Gasteiger partial charge in [0.2, 0.25) is 0 Å². The molecule has 0 aliphatic carbocycles. The number of nitrogens with zero attached hydrogens (tertiary/aromatic N) is 1. The minimum Gasteiger partial charge on any atom is -0.550 e. The van der Waals surface area contributed by atoms with Crippen LogP contribution in [0.3, 0.4) is 0 Å². The maximum atomic E-state index is 10.9. The quantitative estimate of drug-likeness (QED) is 0.398. The van der Waals surface area contributed by atoms with Crippen molar-refractivity contribution in [3.63, 3.8) is 0 Å². The molecule has 2 aromatic carbocycles. The van der Waals surface area contributed by atoms with E-state index in [1.54, 1.807) is 25.1 Å². The number of thiocarbonyl (C=S) groups is 1. The fraction of sp³-hybridized carbons (Fsp3) is 0.250. The molecule has 0 bridgehead atoms. The molecule has 0 aromatic heterocycles. The summed E-state index contributed by atoms with van der Waals surface area (Å²) in [5, 5.41) is 18.5. The fourth-order valence-corrected chi connectivity index (χ4v) is 2.62. The molecule has 0 spiro atoms. The summed E-state index contributed by atoms with van der Waals surface area (Å²) >= 11 is 5.24. The first-order valence-electron chi connectivity index (χ1n) is 8.64. The van der Waals surface area contributed by atoms with Gasteiger partial charge < -0.3 is 24.7 Å². The average molecular weight is 400 g/mol. The predicted molar refractivity (Wildman–Crippen MR) is 111 cm³/mol. The number of hydrazone groups is 1. The van der Waals surface area contributed by atoms with Crippen LogP contribution in [0, 0.1) is 0 Å². The topological polar surface area (TPSA) is 95.0 Å². The third-order valence-corrected chi connectivity index (χ3v) is 3.97. The second-order valence-electron chi connectivity index (χ2n) is 5.80. The molecule has 0 atom stereocenters. The van der Waals surface area contributed by atoms with Crippen molar-refractivity contribution in [1.29, 1.82) is 0 Å². The number of benzene rings is 2. The maximum Gasteiger partial charge on any atom is 0.191 e. The van der Waals surface area contributed by atoms with Crippen LogP contribution in [0.25, 0.3) is 0 Å². The third-order valence-electron chi connectivity index (χ3n) is 3.78. The van der Waals surface area contributed by atoms with Gasteiger partial charge in [0, 0.05) is 23.6 Å². The van der Waals surface area contributed by atoms with E-state index in [9.17, 15) is 9.90 Å². The monoisotopic (exact) mass is 400 g/mol. The Kier molecular flexibility index (Phi) is 7.76. The first-order chi connectivity index (χ1) is 13.4. The highest BCUT2D eigenvalue weighted by Gasteiger charge is 2.07. The van der Waals surface area contributed by atoms with Crippen molar-refractivity contribution in [2.45, 2.75) is 20.3 Å². The SMILES string of the molecule is CCOc1ccc(NC(=S)N/N=C(/C)c2ccc(OC)c(CC(=O)[O-])c2)cc1. The Morgan fingerprint density at radius 2 is 1.93 bits per heavy atom. The highest BCUT2D eigenvalue weighted by Crippen LogP contribution is 2.21. The first kappa shape index (κ1) is 21.2. The Balaban J connectivity index is 2.02. The molecule has 0 saturated heterocycles. The van der Waals surface area contributed by atoms with Crippen molar-refractivity contribution in [1.82, 2.24) is 5.43 Å². The summed E-state index contributed by atoms with van der Waals surface area (Å²) in [5.74, 6) is 0.0953. The summed E-state index contributed by atoms with van der Waals surface area (Å²) in [6, 6.07) is 12.6. The number of carboxylic acids is 1. The van der Waals surface area contributed by atoms with Gasteiger partial charge in [-0.1, -0.05) is 0 Å². The lowest BCUT2D eigenvalue weighted by Crippen LogP contribution is -2.25. The lowest BCUT2D eigenvalue weighted by Gasteiger charge is -2.12. The molecule has 2 N–H and O–H groups in total. The van der Waals surface area contributed by atoms with Gasteiger partial charge >= 0.3 is 0 Å². The summed E-state index contributed by atoms with van der Waals surface area (Å²) in [4.78, 5) is 10.9. The predicted octanol–water partition coefficient (Wildman–Crippen LogP) is 2.10. The summed E-state index contributed by atoms with van der Waals surface area (Å²) in [7, 11) is 1.49. The van der Waals surface area contributed by atoms with Gasteiger partial charge in [0.25, 0.3) is 0 Å². The molecule has 0 amide bonds. The second-order valence-corrected chi connectivity index (χ2v) is 6.20. The highest BCUT2D eigenvalue weighted by atomic mass is 32.1. The van der Waals surface area contributed by atoms with E-state index in [0.29, 0.717) is 28.7 Å². The van der Waals surface area contributed by atoms with E-state index in [1.165, 1.54) is 7.11 Å². The van der Waals surface area contributed by atoms with Gasteiger partial charge in [-0.2, -0.15) is 5.10 Å². The summed E-state index contributed by atoms with van der Waals surface area (Å²) < 4.78 is 10.6. The molecule has 2 rings (SSSR count). The molecule has 0 fully saturated rings. The minimum absolute atomic E-state index is 0.241. The Labute approximate surface area is 169 Å². The van der Waals surface area contributed by atoms with Gasteiger partial charge in [0.15, 0.2) is 5.11 Å². The van der Waals surface area contributed by atoms with Gasteiger partial charge in [0.1, 0.15) is 11.5 Å². The van der Waals surface area contributed by atoms with E-state index in [0.717, 1.165) is 17.0 Å². The Hall–Kier alpha value is -3.13. The van der Waals surface area contributed by atoms with Crippen molar-refractivity contribution < 1.29 is 19.4 Å². The fourth-order valence-electron chi connectivity index (χ4n) is 2.46. The summed E-state index contributed by atoms with van der Waals surface area (Å²) in [5.41, 5.74) is 5.47. The van der Waals surface area contributed by atoms with Gasteiger partial charge in [-0.3, -0.25) is 5.43 Å². The number of rotatable bonds is 8. The highest BCUT2D eigenvalue weighted by molar-refractivity contribution is 7.80. The molecule has 7 nitrogen and oxygen atoms in total.